The molecule has 31 heavy (non-hydrogen) atoms. The molecular weight excluding hydrogens is 420 g/mol. The van der Waals surface area contributed by atoms with Gasteiger partial charge in [0.05, 0.1) is 17.8 Å². The molecule has 3 rings (SSSR count). The van der Waals surface area contributed by atoms with Gasteiger partial charge in [0.2, 0.25) is 0 Å². The third-order valence-electron chi connectivity index (χ3n) is 4.58. The predicted octanol–water partition coefficient (Wildman–Crippen LogP) is 3.59. The molecule has 2 aromatic carbocycles. The van der Waals surface area contributed by atoms with Crippen molar-refractivity contribution >= 4 is 41.2 Å². The minimum absolute atomic E-state index is 0.00861. The van der Waals surface area contributed by atoms with Crippen molar-refractivity contribution in [2.45, 2.75) is 13.3 Å². The van der Waals surface area contributed by atoms with Crippen LogP contribution in [0, 0.1) is 12.3 Å². The molecule has 0 atom stereocenters. The Kier molecular flexibility index (Phi) is 6.63. The van der Waals surface area contributed by atoms with Gasteiger partial charge in [-0.15, -0.1) is 6.42 Å². The lowest BCUT2D eigenvalue weighted by Gasteiger charge is -2.28. The molecule has 0 bridgehead atoms. The number of carbonyl (C=O) groups excluding carboxylic acids is 3. The second kappa shape index (κ2) is 9.37. The molecule has 4 amide bonds. The highest BCUT2D eigenvalue weighted by atomic mass is 35.5. The van der Waals surface area contributed by atoms with Gasteiger partial charge in [0, 0.05) is 0 Å². The summed E-state index contributed by atoms with van der Waals surface area (Å²) in [6.07, 6.45) is 7.15. The summed E-state index contributed by atoms with van der Waals surface area (Å²) in [4.78, 5) is 39.0. The third kappa shape index (κ3) is 4.39. The summed E-state index contributed by atoms with van der Waals surface area (Å²) in [5.74, 6) is 1.32. The zero-order valence-corrected chi connectivity index (χ0v) is 17.7. The number of halogens is 1. The van der Waals surface area contributed by atoms with Crippen LogP contribution in [0.3, 0.4) is 0 Å². The van der Waals surface area contributed by atoms with Crippen molar-refractivity contribution in [2.75, 3.05) is 18.6 Å². The summed E-state index contributed by atoms with van der Waals surface area (Å²) in [7, 11) is 1.42. The molecule has 2 aromatic rings. The van der Waals surface area contributed by atoms with Crippen LogP contribution in [0.5, 0.6) is 11.5 Å². The van der Waals surface area contributed by atoms with Crippen molar-refractivity contribution in [1.82, 2.24) is 5.32 Å². The van der Waals surface area contributed by atoms with Gasteiger partial charge < -0.3 is 9.47 Å². The van der Waals surface area contributed by atoms with E-state index in [0.29, 0.717) is 17.7 Å². The minimum Gasteiger partial charge on any atom is -0.493 e. The van der Waals surface area contributed by atoms with Crippen molar-refractivity contribution in [3.8, 4) is 23.8 Å². The number of urea groups is 1. The number of hydrogen-bond donors (Lipinski definition) is 1. The molecule has 1 fully saturated rings. The number of ether oxygens (including phenoxy) is 2. The number of barbiturate groups is 1. The van der Waals surface area contributed by atoms with Crippen molar-refractivity contribution in [3.63, 3.8) is 0 Å². The van der Waals surface area contributed by atoms with Crippen LogP contribution in [-0.4, -0.2) is 31.6 Å². The molecule has 8 heteroatoms. The van der Waals surface area contributed by atoms with Crippen molar-refractivity contribution in [1.29, 1.82) is 0 Å². The summed E-state index contributed by atoms with van der Waals surface area (Å²) < 4.78 is 10.7. The summed E-state index contributed by atoms with van der Waals surface area (Å²) >= 11 is 6.27. The molecule has 1 aliphatic rings. The van der Waals surface area contributed by atoms with Crippen LogP contribution >= 0.6 is 11.6 Å². The quantitative estimate of drug-likeness (QED) is 0.423. The zero-order valence-electron chi connectivity index (χ0n) is 16.9. The van der Waals surface area contributed by atoms with Gasteiger partial charge >= 0.3 is 6.03 Å². The fourth-order valence-electron chi connectivity index (χ4n) is 3.15. The monoisotopic (exact) mass is 438 g/mol. The zero-order chi connectivity index (χ0) is 22.5. The molecule has 0 aliphatic carbocycles. The topological polar surface area (TPSA) is 84.9 Å². The Balaban J connectivity index is 2.04. The average Bonchev–Trinajstić information content (AvgIpc) is 2.75. The van der Waals surface area contributed by atoms with E-state index in [1.807, 2.05) is 19.1 Å². The first-order valence-corrected chi connectivity index (χ1v) is 9.72. The molecule has 158 valence electrons. The largest absolute Gasteiger partial charge is 0.493 e. The highest BCUT2D eigenvalue weighted by molar-refractivity contribution is 6.39. The Morgan fingerprint density at radius 3 is 2.65 bits per heavy atom. The number of carbonyl (C=O) groups is 3. The number of hydrogen-bond acceptors (Lipinski definition) is 5. The van der Waals surface area contributed by atoms with Crippen LogP contribution in [-0.2, 0) is 16.0 Å². The van der Waals surface area contributed by atoms with Gasteiger partial charge in [-0.25, -0.2) is 9.69 Å². The molecule has 1 heterocycles. The van der Waals surface area contributed by atoms with Gasteiger partial charge in [-0.05, 0) is 41.8 Å². The normalized spacial score (nSPS) is 15.0. The van der Waals surface area contributed by atoms with E-state index in [2.05, 4.69) is 11.2 Å². The number of rotatable bonds is 6. The first kappa shape index (κ1) is 21.9. The number of nitrogens with one attached hydrogen (secondary N) is 1. The molecule has 1 aliphatic heterocycles. The molecule has 0 aromatic heterocycles. The Morgan fingerprint density at radius 1 is 1.23 bits per heavy atom. The van der Waals surface area contributed by atoms with E-state index in [1.54, 1.807) is 18.2 Å². The molecule has 0 unspecified atom stereocenters. The van der Waals surface area contributed by atoms with Crippen LogP contribution in [0.1, 0.15) is 18.1 Å². The third-order valence-corrected chi connectivity index (χ3v) is 4.86. The summed E-state index contributed by atoms with van der Waals surface area (Å²) in [6, 6.07) is 9.25. The Bertz CT molecular complexity index is 1130. The summed E-state index contributed by atoms with van der Waals surface area (Å²) in [5.41, 5.74) is 1.39. The van der Waals surface area contributed by atoms with Crippen LogP contribution in [0.15, 0.2) is 42.0 Å². The van der Waals surface area contributed by atoms with Crippen LogP contribution in [0.2, 0.25) is 5.02 Å². The van der Waals surface area contributed by atoms with Gasteiger partial charge in [-0.2, -0.15) is 0 Å². The summed E-state index contributed by atoms with van der Waals surface area (Å²) in [6.45, 7) is 1.90. The number of aryl methyl sites for hydroxylation is 1. The van der Waals surface area contributed by atoms with E-state index in [0.717, 1.165) is 10.5 Å². The molecule has 0 spiro atoms. The fraction of sp³-hybridized carbons (Fsp3) is 0.174. The maximum atomic E-state index is 13.1. The Labute approximate surface area is 184 Å². The highest BCUT2D eigenvalue weighted by Crippen LogP contribution is 2.37. The van der Waals surface area contributed by atoms with Crippen molar-refractivity contribution in [3.05, 3.63) is 58.1 Å². The smallest absolute Gasteiger partial charge is 0.335 e. The first-order valence-electron chi connectivity index (χ1n) is 9.34. The van der Waals surface area contributed by atoms with E-state index in [1.165, 1.54) is 19.3 Å². The number of methoxy groups -OCH3 is 1. The molecule has 1 N–H and O–H groups in total. The van der Waals surface area contributed by atoms with Crippen molar-refractivity contribution < 1.29 is 23.9 Å². The fourth-order valence-corrected chi connectivity index (χ4v) is 3.42. The molecule has 7 nitrogen and oxygen atoms in total. The Morgan fingerprint density at radius 2 is 1.97 bits per heavy atom. The van der Waals surface area contributed by atoms with Gasteiger partial charge in [0.1, 0.15) is 12.2 Å². The predicted molar refractivity (Wildman–Crippen MR) is 117 cm³/mol. The molecule has 0 radical (unpaired) electrons. The number of nitrogens with zero attached hydrogens (tertiary/aromatic N) is 1. The van der Waals surface area contributed by atoms with Crippen LogP contribution in [0.4, 0.5) is 10.5 Å². The number of anilines is 1. The van der Waals surface area contributed by atoms with Gasteiger partial charge in [-0.3, -0.25) is 14.9 Å². The minimum atomic E-state index is -0.804. The molecular formula is C23H19ClN2O5. The maximum Gasteiger partial charge on any atom is 0.335 e. The first-order chi connectivity index (χ1) is 14.9. The van der Waals surface area contributed by atoms with Gasteiger partial charge in [0.15, 0.2) is 11.5 Å². The number of amides is 4. The van der Waals surface area contributed by atoms with Gasteiger partial charge in [-0.1, -0.05) is 42.6 Å². The SMILES string of the molecule is C#CCOc1c(Cl)cc(/C=C2/C(=O)NC(=O)N(c3ccccc3CC)C2=O)cc1OC. The molecule has 0 saturated carbocycles. The van der Waals surface area contributed by atoms with E-state index < -0.39 is 17.8 Å². The van der Waals surface area contributed by atoms with E-state index in [-0.39, 0.29) is 28.7 Å². The standard InChI is InChI=1S/C23H19ClN2O5/c1-4-10-31-20-17(24)12-14(13-19(20)30-3)11-16-21(27)25-23(29)26(22(16)28)18-9-7-6-8-15(18)5-2/h1,6-9,11-13H,5,10H2,2-3H3,(H,25,27,29)/b16-11-. The second-order valence-corrected chi connectivity index (χ2v) is 6.87. The second-order valence-electron chi connectivity index (χ2n) is 6.47. The maximum absolute atomic E-state index is 13.1. The lowest BCUT2D eigenvalue weighted by Crippen LogP contribution is -2.54. The number of para-hydroxylation sites is 1. The number of imide groups is 2. The van der Waals surface area contributed by atoms with E-state index in [9.17, 15) is 14.4 Å². The number of benzene rings is 2. The number of terminal acetylenes is 1. The summed E-state index contributed by atoms with van der Waals surface area (Å²) in [5, 5.41) is 2.40. The van der Waals surface area contributed by atoms with Crippen LogP contribution < -0.4 is 19.7 Å². The average molecular weight is 439 g/mol. The van der Waals surface area contributed by atoms with E-state index >= 15 is 0 Å². The highest BCUT2D eigenvalue weighted by Gasteiger charge is 2.37. The molecule has 1 saturated heterocycles. The lowest BCUT2D eigenvalue weighted by molar-refractivity contribution is -0.122. The van der Waals surface area contributed by atoms with Gasteiger partial charge in [0.25, 0.3) is 11.8 Å². The van der Waals surface area contributed by atoms with E-state index in [4.69, 9.17) is 27.5 Å². The Hall–Kier alpha value is -3.76. The van der Waals surface area contributed by atoms with Crippen LogP contribution in [0.25, 0.3) is 6.08 Å². The van der Waals surface area contributed by atoms with Crippen molar-refractivity contribution in [2.24, 2.45) is 0 Å². The lowest BCUT2D eigenvalue weighted by atomic mass is 10.0.